The summed E-state index contributed by atoms with van der Waals surface area (Å²) in [6.07, 6.45) is 4.41. The van der Waals surface area contributed by atoms with E-state index in [1.807, 2.05) is 18.2 Å². The molecule has 3 radical (unpaired) electrons. The van der Waals surface area contributed by atoms with Crippen molar-refractivity contribution in [3.05, 3.63) is 40.9 Å². The number of benzene rings is 1. The van der Waals surface area contributed by atoms with Crippen molar-refractivity contribution in [3.63, 3.8) is 0 Å². The second kappa shape index (κ2) is 6.09. The van der Waals surface area contributed by atoms with Crippen LogP contribution in [0, 0.1) is 17.8 Å². The Kier molecular flexibility index (Phi) is 4.33. The van der Waals surface area contributed by atoms with Gasteiger partial charge in [-0.1, -0.05) is 17.2 Å². The molecular formula is C17H19BClN2O. The van der Waals surface area contributed by atoms with E-state index in [-0.39, 0.29) is 14.3 Å². The number of piperidine rings is 3. The van der Waals surface area contributed by atoms with Crippen molar-refractivity contribution in [2.75, 3.05) is 25.0 Å². The lowest BCUT2D eigenvalue weighted by Crippen LogP contribution is -2.54. The lowest BCUT2D eigenvalue weighted by atomic mass is 9.65. The molecule has 3 aliphatic heterocycles. The fourth-order valence-corrected chi connectivity index (χ4v) is 4.45. The lowest BCUT2D eigenvalue weighted by Gasteiger charge is -2.53. The molecule has 4 fully saturated rings. The molecule has 5 rings (SSSR count). The molecule has 1 aromatic carbocycles. The van der Waals surface area contributed by atoms with E-state index in [0.29, 0.717) is 16.9 Å². The van der Waals surface area contributed by atoms with Crippen molar-refractivity contribution < 1.29 is 4.79 Å². The number of hydrogen-bond donors (Lipinski definition) is 1. The molecule has 2 atom stereocenters. The molecule has 2 unspecified atom stereocenters. The fraction of sp³-hybridized carbons (Fsp3) is 0.471. The van der Waals surface area contributed by atoms with Crippen molar-refractivity contribution in [3.8, 4) is 0 Å². The van der Waals surface area contributed by atoms with Gasteiger partial charge in [-0.3, -0.25) is 4.79 Å². The van der Waals surface area contributed by atoms with E-state index in [0.717, 1.165) is 24.7 Å². The van der Waals surface area contributed by atoms with E-state index < -0.39 is 0 Å². The Hall–Kier alpha value is -1.26. The Balaban J connectivity index is 0.00000144. The highest BCUT2D eigenvalue weighted by atomic mass is 35.5. The van der Waals surface area contributed by atoms with Gasteiger partial charge in [-0.15, -0.1) is 0 Å². The second-order valence-electron chi connectivity index (χ2n) is 6.59. The fourth-order valence-electron chi connectivity index (χ4n) is 4.33. The Morgan fingerprint density at radius 2 is 1.77 bits per heavy atom. The zero-order valence-corrected chi connectivity index (χ0v) is 13.2. The van der Waals surface area contributed by atoms with Crippen molar-refractivity contribution in [1.82, 2.24) is 4.90 Å². The quantitative estimate of drug-likeness (QED) is 0.672. The van der Waals surface area contributed by atoms with Gasteiger partial charge in [-0.25, -0.2) is 0 Å². The molecule has 1 aliphatic carbocycles. The first-order valence-electron chi connectivity index (χ1n) is 7.68. The first-order chi connectivity index (χ1) is 10.2. The van der Waals surface area contributed by atoms with Gasteiger partial charge in [-0.2, -0.15) is 0 Å². The zero-order valence-electron chi connectivity index (χ0n) is 12.5. The Bertz CT molecular complexity index is 569. The predicted octanol–water partition coefficient (Wildman–Crippen LogP) is 2.80. The molecule has 113 valence electrons. The molecule has 1 aromatic rings. The molecule has 22 heavy (non-hydrogen) atoms. The molecule has 1 saturated carbocycles. The van der Waals surface area contributed by atoms with Crippen LogP contribution in [0.2, 0.25) is 5.02 Å². The van der Waals surface area contributed by atoms with Crippen LogP contribution < -0.4 is 5.32 Å². The van der Waals surface area contributed by atoms with E-state index in [9.17, 15) is 4.79 Å². The summed E-state index contributed by atoms with van der Waals surface area (Å²) in [6.45, 7) is 3.57. The summed E-state index contributed by atoms with van der Waals surface area (Å²) in [7, 11) is 0. The van der Waals surface area contributed by atoms with E-state index in [1.165, 1.54) is 25.0 Å². The summed E-state index contributed by atoms with van der Waals surface area (Å²) in [6, 6.07) is 7.25. The van der Waals surface area contributed by atoms with Gasteiger partial charge >= 0.3 is 0 Å². The minimum absolute atomic E-state index is 0. The third-order valence-electron chi connectivity index (χ3n) is 5.06. The molecule has 0 spiro atoms. The van der Waals surface area contributed by atoms with Crippen molar-refractivity contribution in [1.29, 1.82) is 0 Å². The standard InChI is InChI=1S/C17H19ClN2O.B/c18-14-1-3-15(4-2-14)19-17(21)7-16-12-5-11-6-13(16)10-20(8-11)9-12;/h1-4,7,11-13H,5-6,8-10H2,(H,19,21);. The highest BCUT2D eigenvalue weighted by Gasteiger charge is 2.44. The number of carbonyl (C=O) groups is 1. The number of nitrogens with one attached hydrogen (secondary N) is 1. The molecule has 4 aliphatic rings. The van der Waals surface area contributed by atoms with Crippen LogP contribution in [0.3, 0.4) is 0 Å². The smallest absolute Gasteiger partial charge is 0.248 e. The summed E-state index contributed by atoms with van der Waals surface area (Å²) in [5.74, 6) is 2.06. The molecule has 1 amide bonds. The van der Waals surface area contributed by atoms with Gasteiger partial charge in [0.25, 0.3) is 0 Å². The molecule has 4 bridgehead atoms. The number of anilines is 1. The second-order valence-corrected chi connectivity index (χ2v) is 7.03. The number of amides is 1. The summed E-state index contributed by atoms with van der Waals surface area (Å²) in [5, 5.41) is 3.62. The zero-order chi connectivity index (χ0) is 14.4. The highest BCUT2D eigenvalue weighted by Crippen LogP contribution is 2.46. The van der Waals surface area contributed by atoms with E-state index >= 15 is 0 Å². The van der Waals surface area contributed by atoms with Crippen LogP contribution in [0.1, 0.15) is 12.8 Å². The number of rotatable bonds is 2. The largest absolute Gasteiger partial charge is 0.323 e. The maximum Gasteiger partial charge on any atom is 0.248 e. The lowest BCUT2D eigenvalue weighted by molar-refractivity contribution is -0.112. The van der Waals surface area contributed by atoms with Gasteiger partial charge in [-0.05, 0) is 54.9 Å². The van der Waals surface area contributed by atoms with Crippen LogP contribution >= 0.6 is 11.6 Å². The highest BCUT2D eigenvalue weighted by molar-refractivity contribution is 6.30. The summed E-state index contributed by atoms with van der Waals surface area (Å²) in [4.78, 5) is 14.8. The van der Waals surface area contributed by atoms with Gasteiger partial charge in [0.15, 0.2) is 0 Å². The minimum atomic E-state index is -0.00482. The van der Waals surface area contributed by atoms with Crippen molar-refractivity contribution in [2.24, 2.45) is 17.8 Å². The van der Waals surface area contributed by atoms with Crippen LogP contribution in [0.25, 0.3) is 0 Å². The minimum Gasteiger partial charge on any atom is -0.323 e. The number of nitrogens with zero attached hydrogens (tertiary/aromatic N) is 1. The molecule has 1 N–H and O–H groups in total. The summed E-state index contributed by atoms with van der Waals surface area (Å²) in [5.41, 5.74) is 2.18. The van der Waals surface area contributed by atoms with Gasteiger partial charge in [0.05, 0.1) is 0 Å². The number of halogens is 1. The Morgan fingerprint density at radius 1 is 1.14 bits per heavy atom. The van der Waals surface area contributed by atoms with Crippen molar-refractivity contribution >= 4 is 31.6 Å². The first-order valence-corrected chi connectivity index (χ1v) is 8.05. The average molecular weight is 314 g/mol. The van der Waals surface area contributed by atoms with Gasteiger partial charge < -0.3 is 10.2 Å². The van der Waals surface area contributed by atoms with Gasteiger partial charge in [0.2, 0.25) is 5.91 Å². The van der Waals surface area contributed by atoms with E-state index in [1.54, 1.807) is 12.1 Å². The topological polar surface area (TPSA) is 32.3 Å². The van der Waals surface area contributed by atoms with Crippen LogP contribution in [-0.4, -0.2) is 38.9 Å². The number of hydrogen-bond acceptors (Lipinski definition) is 2. The molecule has 3 heterocycles. The predicted molar refractivity (Wildman–Crippen MR) is 90.1 cm³/mol. The number of carbonyl (C=O) groups excluding carboxylic acids is 1. The summed E-state index contributed by atoms with van der Waals surface area (Å²) >= 11 is 5.86. The molecule has 3 nitrogen and oxygen atoms in total. The van der Waals surface area contributed by atoms with Gasteiger partial charge in [0.1, 0.15) is 0 Å². The maximum absolute atomic E-state index is 12.3. The van der Waals surface area contributed by atoms with Gasteiger partial charge in [0, 0.05) is 44.8 Å². The normalized spacial score (nSPS) is 31.6. The molecule has 0 aromatic heterocycles. The van der Waals surface area contributed by atoms with E-state index in [4.69, 9.17) is 11.6 Å². The van der Waals surface area contributed by atoms with Crippen LogP contribution in [0.5, 0.6) is 0 Å². The first kappa shape index (κ1) is 15.6. The SMILES string of the molecule is O=C(C=C1C2CC3CC1CN(C3)C2)Nc1ccc(Cl)cc1.[B]. The Morgan fingerprint density at radius 3 is 2.36 bits per heavy atom. The van der Waals surface area contributed by atoms with Crippen molar-refractivity contribution in [2.45, 2.75) is 12.8 Å². The third-order valence-corrected chi connectivity index (χ3v) is 5.31. The maximum atomic E-state index is 12.3. The van der Waals surface area contributed by atoms with Crippen LogP contribution in [0.15, 0.2) is 35.9 Å². The Labute approximate surface area is 138 Å². The van der Waals surface area contributed by atoms with Crippen LogP contribution in [-0.2, 0) is 4.79 Å². The molecular weight excluding hydrogens is 294 g/mol. The third kappa shape index (κ3) is 2.95. The van der Waals surface area contributed by atoms with Crippen LogP contribution in [0.4, 0.5) is 5.69 Å². The molecule has 5 heteroatoms. The van der Waals surface area contributed by atoms with E-state index in [2.05, 4.69) is 10.2 Å². The monoisotopic (exact) mass is 313 g/mol. The molecule has 3 saturated heterocycles. The summed E-state index contributed by atoms with van der Waals surface area (Å²) < 4.78 is 0. The average Bonchev–Trinajstić information content (AvgIpc) is 2.45.